The van der Waals surface area contributed by atoms with Crippen LogP contribution in [0.25, 0.3) is 11.1 Å². The Labute approximate surface area is 199 Å². The maximum Gasteiger partial charge on any atom is 0.433 e. The standard InChI is InChI=1S/C24H22ClF3N4O2/c1-15(33)30-13-12-29-14-17-10-11-20(31-22(17)24(26,27)28)32-23(34)19-9-5-8-18(21(19)25)16-6-3-2-4-7-16/h2-11,29H,12-14H2,1H3,(H,30,33)(H,31,32,34). The number of hydrogen-bond donors (Lipinski definition) is 3. The van der Waals surface area contributed by atoms with Crippen molar-refractivity contribution in [2.45, 2.75) is 19.6 Å². The van der Waals surface area contributed by atoms with Crippen LogP contribution in [0.5, 0.6) is 0 Å². The number of alkyl halides is 3. The zero-order valence-corrected chi connectivity index (χ0v) is 18.9. The maximum absolute atomic E-state index is 13.6. The fraction of sp³-hybridized carbons (Fsp3) is 0.208. The van der Waals surface area contributed by atoms with E-state index in [9.17, 15) is 22.8 Å². The van der Waals surface area contributed by atoms with Crippen LogP contribution in [-0.4, -0.2) is 29.9 Å². The van der Waals surface area contributed by atoms with E-state index in [1.165, 1.54) is 25.1 Å². The van der Waals surface area contributed by atoms with Gasteiger partial charge in [0, 0.05) is 32.1 Å². The van der Waals surface area contributed by atoms with E-state index in [1.807, 2.05) is 30.3 Å². The summed E-state index contributed by atoms with van der Waals surface area (Å²) in [7, 11) is 0. The summed E-state index contributed by atoms with van der Waals surface area (Å²) in [6.07, 6.45) is -4.72. The Hall–Kier alpha value is -3.43. The lowest BCUT2D eigenvalue weighted by Crippen LogP contribution is -2.30. The molecule has 0 aliphatic carbocycles. The Morgan fingerprint density at radius 3 is 2.38 bits per heavy atom. The first-order valence-corrected chi connectivity index (χ1v) is 10.7. The third kappa shape index (κ3) is 6.55. The Morgan fingerprint density at radius 1 is 0.971 bits per heavy atom. The van der Waals surface area contributed by atoms with Crippen LogP contribution >= 0.6 is 11.6 Å². The van der Waals surface area contributed by atoms with Crippen LogP contribution in [0.3, 0.4) is 0 Å². The number of rotatable bonds is 8. The summed E-state index contributed by atoms with van der Waals surface area (Å²) in [5.41, 5.74) is 0.343. The zero-order chi connectivity index (χ0) is 24.7. The summed E-state index contributed by atoms with van der Waals surface area (Å²) in [6, 6.07) is 16.6. The molecule has 0 atom stereocenters. The number of halogens is 4. The lowest BCUT2D eigenvalue weighted by atomic mass is 10.0. The van der Waals surface area contributed by atoms with E-state index in [0.29, 0.717) is 5.56 Å². The van der Waals surface area contributed by atoms with Gasteiger partial charge in [-0.1, -0.05) is 60.1 Å². The fourth-order valence-electron chi connectivity index (χ4n) is 3.23. The predicted molar refractivity (Wildman–Crippen MR) is 124 cm³/mol. The average Bonchev–Trinajstić information content (AvgIpc) is 2.79. The molecule has 178 valence electrons. The summed E-state index contributed by atoms with van der Waals surface area (Å²) < 4.78 is 40.8. The van der Waals surface area contributed by atoms with E-state index in [1.54, 1.807) is 12.1 Å². The summed E-state index contributed by atoms with van der Waals surface area (Å²) >= 11 is 6.44. The molecule has 0 bridgehead atoms. The molecule has 0 aliphatic rings. The van der Waals surface area contributed by atoms with Crippen LogP contribution < -0.4 is 16.0 Å². The highest BCUT2D eigenvalue weighted by Crippen LogP contribution is 2.33. The second kappa shape index (κ2) is 11.1. The molecule has 3 N–H and O–H groups in total. The lowest BCUT2D eigenvalue weighted by Gasteiger charge is -2.15. The van der Waals surface area contributed by atoms with Crippen molar-refractivity contribution in [3.63, 3.8) is 0 Å². The summed E-state index contributed by atoms with van der Waals surface area (Å²) in [4.78, 5) is 27.3. The molecular weight excluding hydrogens is 469 g/mol. The van der Waals surface area contributed by atoms with Crippen LogP contribution in [0.2, 0.25) is 5.02 Å². The monoisotopic (exact) mass is 490 g/mol. The minimum Gasteiger partial charge on any atom is -0.355 e. The number of hydrogen-bond acceptors (Lipinski definition) is 4. The molecule has 0 radical (unpaired) electrons. The zero-order valence-electron chi connectivity index (χ0n) is 18.2. The SMILES string of the molecule is CC(=O)NCCNCc1ccc(NC(=O)c2cccc(-c3ccccc3)c2Cl)nc1C(F)(F)F. The van der Waals surface area contributed by atoms with Gasteiger partial charge in [-0.3, -0.25) is 9.59 Å². The van der Waals surface area contributed by atoms with Crippen molar-refractivity contribution in [2.75, 3.05) is 18.4 Å². The van der Waals surface area contributed by atoms with Crippen molar-refractivity contribution in [1.29, 1.82) is 0 Å². The van der Waals surface area contributed by atoms with Crippen LogP contribution in [0.15, 0.2) is 60.7 Å². The molecule has 0 aliphatic heterocycles. The molecule has 3 aromatic rings. The molecule has 0 unspecified atom stereocenters. The quantitative estimate of drug-likeness (QED) is 0.392. The number of pyridine rings is 1. The molecule has 2 aromatic carbocycles. The van der Waals surface area contributed by atoms with Gasteiger partial charge in [-0.15, -0.1) is 0 Å². The molecule has 1 aromatic heterocycles. The number of anilines is 1. The van der Waals surface area contributed by atoms with Gasteiger partial charge in [0.05, 0.1) is 10.6 Å². The van der Waals surface area contributed by atoms with Gasteiger partial charge in [-0.25, -0.2) is 4.98 Å². The Balaban J connectivity index is 1.78. The minimum absolute atomic E-state index is 0.0857. The first-order chi connectivity index (χ1) is 16.2. The molecule has 0 saturated heterocycles. The summed E-state index contributed by atoms with van der Waals surface area (Å²) in [6.45, 7) is 1.80. The van der Waals surface area contributed by atoms with E-state index in [0.717, 1.165) is 5.56 Å². The van der Waals surface area contributed by atoms with E-state index >= 15 is 0 Å². The van der Waals surface area contributed by atoms with E-state index in [-0.39, 0.29) is 47.5 Å². The normalized spacial score (nSPS) is 11.2. The molecule has 0 spiro atoms. The molecular formula is C24H22ClF3N4O2. The molecule has 1 heterocycles. The highest BCUT2D eigenvalue weighted by Gasteiger charge is 2.35. The first-order valence-electron chi connectivity index (χ1n) is 10.3. The molecule has 2 amide bonds. The molecule has 6 nitrogen and oxygen atoms in total. The van der Waals surface area contributed by atoms with Crippen LogP contribution in [0.1, 0.15) is 28.5 Å². The number of amides is 2. The van der Waals surface area contributed by atoms with E-state index < -0.39 is 17.8 Å². The third-order valence-corrected chi connectivity index (χ3v) is 5.22. The molecule has 0 fully saturated rings. The number of carbonyl (C=O) groups is 2. The molecule has 0 saturated carbocycles. The van der Waals surface area contributed by atoms with Gasteiger partial charge in [-0.05, 0) is 23.3 Å². The minimum atomic E-state index is -4.72. The van der Waals surface area contributed by atoms with Gasteiger partial charge in [0.2, 0.25) is 5.91 Å². The number of carbonyl (C=O) groups excluding carboxylic acids is 2. The van der Waals surface area contributed by atoms with Gasteiger partial charge in [-0.2, -0.15) is 13.2 Å². The van der Waals surface area contributed by atoms with Crippen LogP contribution in [0, 0.1) is 0 Å². The maximum atomic E-state index is 13.6. The van der Waals surface area contributed by atoms with Crippen LogP contribution in [-0.2, 0) is 17.5 Å². The largest absolute Gasteiger partial charge is 0.433 e. The molecule has 10 heteroatoms. The van der Waals surface area contributed by atoms with E-state index in [4.69, 9.17) is 11.6 Å². The highest BCUT2D eigenvalue weighted by atomic mass is 35.5. The smallest absolute Gasteiger partial charge is 0.355 e. The summed E-state index contributed by atoms with van der Waals surface area (Å²) in [5, 5.41) is 7.96. The van der Waals surface area contributed by atoms with Crippen molar-refractivity contribution in [3.8, 4) is 11.1 Å². The van der Waals surface area contributed by atoms with Gasteiger partial charge in [0.15, 0.2) is 5.69 Å². The summed E-state index contributed by atoms with van der Waals surface area (Å²) in [5.74, 6) is -1.15. The van der Waals surface area contributed by atoms with Crippen LogP contribution in [0.4, 0.5) is 19.0 Å². The Morgan fingerprint density at radius 2 is 1.71 bits per heavy atom. The lowest BCUT2D eigenvalue weighted by molar-refractivity contribution is -0.141. The van der Waals surface area contributed by atoms with E-state index in [2.05, 4.69) is 20.9 Å². The second-order valence-corrected chi connectivity index (χ2v) is 7.73. The number of nitrogens with one attached hydrogen (secondary N) is 3. The van der Waals surface area contributed by atoms with Crippen molar-refractivity contribution in [1.82, 2.24) is 15.6 Å². The number of nitrogens with zero attached hydrogens (tertiary/aromatic N) is 1. The van der Waals surface area contributed by atoms with Gasteiger partial charge in [0.1, 0.15) is 5.82 Å². The topological polar surface area (TPSA) is 83.1 Å². The number of benzene rings is 2. The first kappa shape index (κ1) is 25.2. The predicted octanol–water partition coefficient (Wildman–Crippen LogP) is 4.90. The van der Waals surface area contributed by atoms with Crippen molar-refractivity contribution < 1.29 is 22.8 Å². The van der Waals surface area contributed by atoms with Gasteiger partial charge >= 0.3 is 6.18 Å². The van der Waals surface area contributed by atoms with Gasteiger partial charge in [0.25, 0.3) is 5.91 Å². The van der Waals surface area contributed by atoms with Crippen molar-refractivity contribution >= 4 is 29.2 Å². The Kier molecular flexibility index (Phi) is 8.25. The van der Waals surface area contributed by atoms with Crippen molar-refractivity contribution in [2.24, 2.45) is 0 Å². The Bertz CT molecular complexity index is 1170. The number of aromatic nitrogens is 1. The third-order valence-electron chi connectivity index (χ3n) is 4.81. The second-order valence-electron chi connectivity index (χ2n) is 7.35. The average molecular weight is 491 g/mol. The molecule has 34 heavy (non-hydrogen) atoms. The van der Waals surface area contributed by atoms with Gasteiger partial charge < -0.3 is 16.0 Å². The highest BCUT2D eigenvalue weighted by molar-refractivity contribution is 6.37. The molecule has 3 rings (SSSR count). The van der Waals surface area contributed by atoms with Crippen molar-refractivity contribution in [3.05, 3.63) is 82.5 Å². The fourth-order valence-corrected chi connectivity index (χ4v) is 3.55.